The fourth-order valence-corrected chi connectivity index (χ4v) is 3.73. The van der Waals surface area contributed by atoms with E-state index in [-0.39, 0.29) is 24.2 Å². The lowest BCUT2D eigenvalue weighted by Gasteiger charge is -2.16. The molecule has 19 heavy (non-hydrogen) atoms. The smallest absolute Gasteiger partial charge is 0.155 e. The average Bonchev–Trinajstić information content (AvgIpc) is 2.32. The summed E-state index contributed by atoms with van der Waals surface area (Å²) < 4.78 is 24.2. The average molecular weight is 306 g/mol. The maximum absolute atomic E-state index is 12.1. The molecule has 0 aromatic heterocycles. The van der Waals surface area contributed by atoms with Gasteiger partial charge in [0.05, 0.1) is 11.5 Å². The van der Waals surface area contributed by atoms with Crippen molar-refractivity contribution in [3.05, 3.63) is 34.9 Å². The van der Waals surface area contributed by atoms with Crippen molar-refractivity contribution in [2.24, 2.45) is 0 Å². The van der Waals surface area contributed by atoms with Gasteiger partial charge in [0.25, 0.3) is 0 Å². The molecule has 6 heteroatoms. The first-order chi connectivity index (χ1) is 8.96. The molecule has 0 aliphatic heterocycles. The van der Waals surface area contributed by atoms with E-state index in [9.17, 15) is 8.42 Å². The highest BCUT2D eigenvalue weighted by atomic mass is 35.5. The van der Waals surface area contributed by atoms with Gasteiger partial charge in [0.2, 0.25) is 0 Å². The molecular formula is C13H20ClNO3S. The Bertz CT molecular complexity index is 467. The summed E-state index contributed by atoms with van der Waals surface area (Å²) in [7, 11) is -3.21. The van der Waals surface area contributed by atoms with Crippen LogP contribution in [-0.4, -0.2) is 38.5 Å². The van der Waals surface area contributed by atoms with Crippen molar-refractivity contribution in [2.75, 3.05) is 18.9 Å². The van der Waals surface area contributed by atoms with Gasteiger partial charge >= 0.3 is 0 Å². The molecule has 0 bridgehead atoms. The number of aliphatic hydroxyl groups is 1. The second-order valence-corrected chi connectivity index (χ2v) is 6.99. The molecule has 1 aromatic rings. The van der Waals surface area contributed by atoms with Crippen LogP contribution in [0.4, 0.5) is 0 Å². The molecule has 4 nitrogen and oxygen atoms in total. The van der Waals surface area contributed by atoms with E-state index in [1.54, 1.807) is 24.3 Å². The fourth-order valence-electron chi connectivity index (χ4n) is 1.89. The molecule has 0 aliphatic carbocycles. The van der Waals surface area contributed by atoms with E-state index in [2.05, 4.69) is 5.32 Å². The first-order valence-electron chi connectivity index (χ1n) is 6.26. The van der Waals surface area contributed by atoms with E-state index < -0.39 is 9.84 Å². The van der Waals surface area contributed by atoms with Crippen molar-refractivity contribution >= 4 is 21.4 Å². The number of hydrogen-bond donors (Lipinski definition) is 2. The molecule has 1 atom stereocenters. The van der Waals surface area contributed by atoms with Crippen LogP contribution >= 0.6 is 11.6 Å². The largest absolute Gasteiger partial charge is 0.396 e. The number of hydrogen-bond acceptors (Lipinski definition) is 4. The van der Waals surface area contributed by atoms with Crippen LogP contribution in [0.15, 0.2) is 24.3 Å². The third kappa shape index (κ3) is 6.38. The van der Waals surface area contributed by atoms with Crippen LogP contribution in [-0.2, 0) is 15.6 Å². The molecule has 2 N–H and O–H groups in total. The lowest BCUT2D eigenvalue weighted by atomic mass is 10.2. The van der Waals surface area contributed by atoms with Crippen LogP contribution in [0.5, 0.6) is 0 Å². The van der Waals surface area contributed by atoms with Gasteiger partial charge in [-0.15, -0.1) is 0 Å². The van der Waals surface area contributed by atoms with Crippen molar-refractivity contribution in [1.29, 1.82) is 0 Å². The lowest BCUT2D eigenvalue weighted by molar-refractivity contribution is 0.270. The second-order valence-electron chi connectivity index (χ2n) is 4.45. The molecule has 0 aliphatic rings. The number of halogens is 1. The summed E-state index contributed by atoms with van der Waals surface area (Å²) in [6, 6.07) is 6.60. The van der Waals surface area contributed by atoms with E-state index in [0.717, 1.165) is 5.56 Å². The van der Waals surface area contributed by atoms with E-state index in [0.29, 0.717) is 18.0 Å². The minimum Gasteiger partial charge on any atom is -0.396 e. The summed E-state index contributed by atoms with van der Waals surface area (Å²) in [4.78, 5) is 0. The Morgan fingerprint density at radius 2 is 1.95 bits per heavy atom. The molecular weight excluding hydrogens is 286 g/mol. The number of sulfone groups is 1. The minimum atomic E-state index is -3.21. The summed E-state index contributed by atoms with van der Waals surface area (Å²) in [5.74, 6) is 0.0293. The normalized spacial score (nSPS) is 13.4. The van der Waals surface area contributed by atoms with Crippen molar-refractivity contribution in [2.45, 2.75) is 25.1 Å². The van der Waals surface area contributed by atoms with E-state index in [4.69, 9.17) is 16.7 Å². The maximum atomic E-state index is 12.1. The van der Waals surface area contributed by atoms with Crippen LogP contribution in [0.1, 0.15) is 18.9 Å². The highest BCUT2D eigenvalue weighted by Gasteiger charge is 2.18. The first kappa shape index (κ1) is 16.4. The first-order valence-corrected chi connectivity index (χ1v) is 8.46. The SMILES string of the molecule is CCNC(CCO)CS(=O)(=O)Cc1ccc(Cl)cc1. The summed E-state index contributed by atoms with van der Waals surface area (Å²) in [6.45, 7) is 2.57. The molecule has 0 heterocycles. The Hall–Kier alpha value is -0.620. The van der Waals surface area contributed by atoms with Gasteiger partial charge in [0, 0.05) is 17.7 Å². The highest BCUT2D eigenvalue weighted by molar-refractivity contribution is 7.90. The molecule has 1 unspecified atom stereocenters. The van der Waals surface area contributed by atoms with Gasteiger partial charge in [-0.25, -0.2) is 8.42 Å². The van der Waals surface area contributed by atoms with Crippen LogP contribution in [0.2, 0.25) is 5.02 Å². The van der Waals surface area contributed by atoms with E-state index in [1.807, 2.05) is 6.92 Å². The minimum absolute atomic E-state index is 0.00249. The summed E-state index contributed by atoms with van der Waals surface area (Å²) in [5.41, 5.74) is 0.726. The standard InChI is InChI=1S/C13H20ClNO3S/c1-2-15-13(7-8-16)10-19(17,18)9-11-3-5-12(14)6-4-11/h3-6,13,15-16H,2,7-10H2,1H3. The predicted octanol–water partition coefficient (Wildman–Crippen LogP) is 1.62. The number of aliphatic hydroxyl groups excluding tert-OH is 1. The van der Waals surface area contributed by atoms with Gasteiger partial charge in [0.15, 0.2) is 9.84 Å². The Labute approximate surface area is 119 Å². The molecule has 108 valence electrons. The number of rotatable bonds is 8. The predicted molar refractivity (Wildman–Crippen MR) is 78.1 cm³/mol. The molecule has 0 fully saturated rings. The number of benzene rings is 1. The molecule has 1 rings (SSSR count). The van der Waals surface area contributed by atoms with Crippen LogP contribution in [0, 0.1) is 0 Å². The Morgan fingerprint density at radius 1 is 1.32 bits per heavy atom. The highest BCUT2D eigenvalue weighted by Crippen LogP contribution is 2.13. The third-order valence-corrected chi connectivity index (χ3v) is 4.66. The molecule has 0 radical (unpaired) electrons. The number of nitrogens with one attached hydrogen (secondary N) is 1. The van der Waals surface area contributed by atoms with E-state index in [1.165, 1.54) is 0 Å². The van der Waals surface area contributed by atoms with Gasteiger partial charge in [-0.1, -0.05) is 30.7 Å². The van der Waals surface area contributed by atoms with Crippen molar-refractivity contribution < 1.29 is 13.5 Å². The zero-order valence-corrected chi connectivity index (χ0v) is 12.5. The molecule has 0 saturated heterocycles. The summed E-state index contributed by atoms with van der Waals surface area (Å²) in [5, 5.41) is 12.6. The summed E-state index contributed by atoms with van der Waals surface area (Å²) in [6.07, 6.45) is 0.438. The molecule has 0 saturated carbocycles. The van der Waals surface area contributed by atoms with Gasteiger partial charge in [0.1, 0.15) is 0 Å². The Balaban J connectivity index is 2.66. The van der Waals surface area contributed by atoms with Crippen molar-refractivity contribution in [3.63, 3.8) is 0 Å². The third-order valence-electron chi connectivity index (χ3n) is 2.73. The molecule has 0 spiro atoms. The van der Waals surface area contributed by atoms with Crippen LogP contribution in [0.25, 0.3) is 0 Å². The van der Waals surface area contributed by atoms with Crippen LogP contribution < -0.4 is 5.32 Å². The van der Waals surface area contributed by atoms with Crippen LogP contribution in [0.3, 0.4) is 0 Å². The molecule has 0 amide bonds. The van der Waals surface area contributed by atoms with Gasteiger partial charge in [-0.3, -0.25) is 0 Å². The molecule has 1 aromatic carbocycles. The second kappa shape index (κ2) is 7.85. The monoisotopic (exact) mass is 305 g/mol. The quantitative estimate of drug-likeness (QED) is 0.766. The van der Waals surface area contributed by atoms with Crippen molar-refractivity contribution in [1.82, 2.24) is 5.32 Å². The lowest BCUT2D eigenvalue weighted by Crippen LogP contribution is -2.36. The fraction of sp³-hybridized carbons (Fsp3) is 0.538. The van der Waals surface area contributed by atoms with E-state index >= 15 is 0 Å². The van der Waals surface area contributed by atoms with Gasteiger partial charge in [-0.2, -0.15) is 0 Å². The zero-order chi connectivity index (χ0) is 14.3. The Kier molecular flexibility index (Phi) is 6.79. The Morgan fingerprint density at radius 3 is 2.47 bits per heavy atom. The topological polar surface area (TPSA) is 66.4 Å². The maximum Gasteiger partial charge on any atom is 0.155 e. The van der Waals surface area contributed by atoms with Gasteiger partial charge in [-0.05, 0) is 30.7 Å². The summed E-state index contributed by atoms with van der Waals surface area (Å²) >= 11 is 5.76. The van der Waals surface area contributed by atoms with Gasteiger partial charge < -0.3 is 10.4 Å². The van der Waals surface area contributed by atoms with Crippen molar-refractivity contribution in [3.8, 4) is 0 Å². The zero-order valence-electron chi connectivity index (χ0n) is 11.0.